The summed E-state index contributed by atoms with van der Waals surface area (Å²) in [5.74, 6) is 0. The van der Waals surface area contributed by atoms with Crippen molar-refractivity contribution in [3.63, 3.8) is 0 Å². The summed E-state index contributed by atoms with van der Waals surface area (Å²) in [4.78, 5) is 2.53. The minimum Gasteiger partial charge on any atom is -0.380 e. The monoisotopic (exact) mass is 226 g/mol. The molecule has 0 bridgehead atoms. The van der Waals surface area contributed by atoms with Crippen molar-refractivity contribution in [3.8, 4) is 0 Å². The minimum atomic E-state index is 0.614. The van der Waals surface area contributed by atoms with Gasteiger partial charge >= 0.3 is 0 Å². The Labute approximate surface area is 99.5 Å². The van der Waals surface area contributed by atoms with E-state index in [4.69, 9.17) is 4.74 Å². The molecule has 2 atom stereocenters. The summed E-state index contributed by atoms with van der Waals surface area (Å²) < 4.78 is 5.47. The average molecular weight is 226 g/mol. The Kier molecular flexibility index (Phi) is 5.07. The normalized spacial score (nSPS) is 32.8. The van der Waals surface area contributed by atoms with Crippen molar-refractivity contribution < 1.29 is 4.74 Å². The molecular formula is C13H26N2O. The number of hydrogen-bond acceptors (Lipinski definition) is 3. The molecule has 2 unspecified atom stereocenters. The van der Waals surface area contributed by atoms with E-state index >= 15 is 0 Å². The van der Waals surface area contributed by atoms with E-state index in [0.717, 1.165) is 25.8 Å². The van der Waals surface area contributed by atoms with Crippen LogP contribution in [0.1, 0.15) is 38.5 Å². The number of rotatable bonds is 4. The van der Waals surface area contributed by atoms with Crippen LogP contribution in [-0.4, -0.2) is 50.3 Å². The van der Waals surface area contributed by atoms with Crippen LogP contribution in [0.25, 0.3) is 0 Å². The first-order valence-corrected chi connectivity index (χ1v) is 6.87. The van der Waals surface area contributed by atoms with Gasteiger partial charge in [0.15, 0.2) is 0 Å². The van der Waals surface area contributed by atoms with Crippen LogP contribution in [0.5, 0.6) is 0 Å². The predicted molar refractivity (Wildman–Crippen MR) is 66.7 cm³/mol. The highest BCUT2D eigenvalue weighted by Gasteiger charge is 2.19. The van der Waals surface area contributed by atoms with Crippen LogP contribution in [-0.2, 0) is 4.74 Å². The van der Waals surface area contributed by atoms with Crippen LogP contribution in [0.3, 0.4) is 0 Å². The molecule has 0 aliphatic carbocycles. The van der Waals surface area contributed by atoms with E-state index in [9.17, 15) is 0 Å². The summed E-state index contributed by atoms with van der Waals surface area (Å²) in [7, 11) is 2.27. The number of ether oxygens (including phenoxy) is 1. The molecule has 0 aromatic carbocycles. The SMILES string of the molecule is CN1CCCCC1CCNC1CCCOC1. The molecule has 0 spiro atoms. The maximum atomic E-state index is 5.47. The zero-order chi connectivity index (χ0) is 11.2. The van der Waals surface area contributed by atoms with Crippen LogP contribution >= 0.6 is 0 Å². The van der Waals surface area contributed by atoms with E-state index in [1.165, 1.54) is 45.1 Å². The van der Waals surface area contributed by atoms with Gasteiger partial charge in [-0.1, -0.05) is 6.42 Å². The minimum absolute atomic E-state index is 0.614. The maximum Gasteiger partial charge on any atom is 0.0619 e. The van der Waals surface area contributed by atoms with Gasteiger partial charge in [0, 0.05) is 18.7 Å². The quantitative estimate of drug-likeness (QED) is 0.788. The van der Waals surface area contributed by atoms with Gasteiger partial charge in [-0.05, 0) is 52.2 Å². The molecule has 0 saturated carbocycles. The molecule has 94 valence electrons. The van der Waals surface area contributed by atoms with Crippen molar-refractivity contribution in [2.45, 2.75) is 50.6 Å². The molecule has 0 aromatic rings. The Bertz CT molecular complexity index is 192. The summed E-state index contributed by atoms with van der Waals surface area (Å²) in [5, 5.41) is 3.64. The molecule has 2 rings (SSSR count). The highest BCUT2D eigenvalue weighted by molar-refractivity contribution is 4.76. The second kappa shape index (κ2) is 6.58. The number of nitrogens with zero attached hydrogens (tertiary/aromatic N) is 1. The largest absolute Gasteiger partial charge is 0.380 e. The van der Waals surface area contributed by atoms with Gasteiger partial charge in [0.2, 0.25) is 0 Å². The van der Waals surface area contributed by atoms with E-state index in [-0.39, 0.29) is 0 Å². The third-order valence-corrected chi connectivity index (χ3v) is 3.99. The molecule has 0 radical (unpaired) electrons. The number of likely N-dealkylation sites (tertiary alicyclic amines) is 1. The molecule has 1 N–H and O–H groups in total. The van der Waals surface area contributed by atoms with Crippen molar-refractivity contribution in [1.82, 2.24) is 10.2 Å². The lowest BCUT2D eigenvalue weighted by molar-refractivity contribution is 0.0690. The van der Waals surface area contributed by atoms with Crippen LogP contribution in [0.15, 0.2) is 0 Å². The summed E-state index contributed by atoms with van der Waals surface area (Å²) in [6, 6.07) is 1.42. The Morgan fingerprint density at radius 2 is 2.19 bits per heavy atom. The van der Waals surface area contributed by atoms with Crippen molar-refractivity contribution in [2.24, 2.45) is 0 Å². The number of nitrogens with one attached hydrogen (secondary N) is 1. The van der Waals surface area contributed by atoms with Crippen LogP contribution in [0, 0.1) is 0 Å². The first-order valence-electron chi connectivity index (χ1n) is 6.87. The van der Waals surface area contributed by atoms with Crippen molar-refractivity contribution in [3.05, 3.63) is 0 Å². The molecular weight excluding hydrogens is 200 g/mol. The Hall–Kier alpha value is -0.120. The Morgan fingerprint density at radius 1 is 1.25 bits per heavy atom. The van der Waals surface area contributed by atoms with Crippen molar-refractivity contribution in [2.75, 3.05) is 33.4 Å². The van der Waals surface area contributed by atoms with E-state index in [1.807, 2.05) is 0 Å². The summed E-state index contributed by atoms with van der Waals surface area (Å²) in [5.41, 5.74) is 0. The van der Waals surface area contributed by atoms with Crippen LogP contribution in [0.2, 0.25) is 0 Å². The smallest absolute Gasteiger partial charge is 0.0619 e. The molecule has 2 aliphatic heterocycles. The molecule has 2 aliphatic rings. The fourth-order valence-electron chi connectivity index (χ4n) is 2.86. The van der Waals surface area contributed by atoms with Crippen LogP contribution in [0.4, 0.5) is 0 Å². The van der Waals surface area contributed by atoms with Gasteiger partial charge in [0.05, 0.1) is 6.61 Å². The van der Waals surface area contributed by atoms with E-state index in [0.29, 0.717) is 6.04 Å². The van der Waals surface area contributed by atoms with Gasteiger partial charge in [0.25, 0.3) is 0 Å². The zero-order valence-corrected chi connectivity index (χ0v) is 10.6. The van der Waals surface area contributed by atoms with Gasteiger partial charge in [-0.3, -0.25) is 0 Å². The number of piperidine rings is 1. The molecule has 0 aromatic heterocycles. The zero-order valence-electron chi connectivity index (χ0n) is 10.6. The maximum absolute atomic E-state index is 5.47. The highest BCUT2D eigenvalue weighted by atomic mass is 16.5. The lowest BCUT2D eigenvalue weighted by Crippen LogP contribution is -2.41. The third kappa shape index (κ3) is 3.72. The van der Waals surface area contributed by atoms with Gasteiger partial charge in [0.1, 0.15) is 0 Å². The van der Waals surface area contributed by atoms with Gasteiger partial charge < -0.3 is 15.0 Å². The molecule has 16 heavy (non-hydrogen) atoms. The second-order valence-electron chi connectivity index (χ2n) is 5.29. The second-order valence-corrected chi connectivity index (χ2v) is 5.29. The fraction of sp³-hybridized carbons (Fsp3) is 1.00. The standard InChI is InChI=1S/C13H26N2O/c1-15-9-3-2-6-13(15)7-8-14-12-5-4-10-16-11-12/h12-14H,2-11H2,1H3. The van der Waals surface area contributed by atoms with Crippen LogP contribution < -0.4 is 5.32 Å². The molecule has 2 saturated heterocycles. The lowest BCUT2D eigenvalue weighted by Gasteiger charge is -2.33. The first-order chi connectivity index (χ1) is 7.86. The summed E-state index contributed by atoms with van der Waals surface area (Å²) in [6.07, 6.45) is 8.01. The van der Waals surface area contributed by atoms with Crippen molar-refractivity contribution in [1.29, 1.82) is 0 Å². The summed E-state index contributed by atoms with van der Waals surface area (Å²) in [6.45, 7) is 4.32. The van der Waals surface area contributed by atoms with E-state index in [2.05, 4.69) is 17.3 Å². The topological polar surface area (TPSA) is 24.5 Å². The lowest BCUT2D eigenvalue weighted by atomic mass is 10.00. The average Bonchev–Trinajstić information content (AvgIpc) is 2.33. The number of hydrogen-bond donors (Lipinski definition) is 1. The fourth-order valence-corrected chi connectivity index (χ4v) is 2.86. The molecule has 0 amide bonds. The van der Waals surface area contributed by atoms with Gasteiger partial charge in [-0.25, -0.2) is 0 Å². The van der Waals surface area contributed by atoms with Crippen molar-refractivity contribution >= 4 is 0 Å². The van der Waals surface area contributed by atoms with Gasteiger partial charge in [-0.15, -0.1) is 0 Å². The highest BCUT2D eigenvalue weighted by Crippen LogP contribution is 2.17. The van der Waals surface area contributed by atoms with E-state index in [1.54, 1.807) is 0 Å². The van der Waals surface area contributed by atoms with Gasteiger partial charge in [-0.2, -0.15) is 0 Å². The first kappa shape index (κ1) is 12.3. The molecule has 3 nitrogen and oxygen atoms in total. The molecule has 3 heteroatoms. The van der Waals surface area contributed by atoms with E-state index < -0.39 is 0 Å². The summed E-state index contributed by atoms with van der Waals surface area (Å²) >= 11 is 0. The molecule has 2 fully saturated rings. The Balaban J connectivity index is 1.59. The molecule has 2 heterocycles. The predicted octanol–water partition coefficient (Wildman–Crippen LogP) is 1.63. The third-order valence-electron chi connectivity index (χ3n) is 3.99. The Morgan fingerprint density at radius 3 is 2.94 bits per heavy atom.